The van der Waals surface area contributed by atoms with Gasteiger partial charge in [-0.05, 0) is 22.9 Å². The van der Waals surface area contributed by atoms with Crippen LogP contribution >= 0.6 is 22.7 Å². The minimum absolute atomic E-state index is 1.33. The lowest BCUT2D eigenvalue weighted by Crippen LogP contribution is -1.78. The van der Waals surface area contributed by atoms with E-state index in [9.17, 15) is 0 Å². The summed E-state index contributed by atoms with van der Waals surface area (Å²) in [6, 6.07) is 17.2. The lowest BCUT2D eigenvalue weighted by Gasteiger charge is -2.05. The number of thiophene rings is 2. The molecule has 0 atom stereocenters. The van der Waals surface area contributed by atoms with Crippen LogP contribution in [0.2, 0.25) is 0 Å². The highest BCUT2D eigenvalue weighted by atomic mass is 32.1. The van der Waals surface area contributed by atoms with Crippen LogP contribution in [0.1, 0.15) is 0 Å². The standard InChI is InChI=1S/C14H10S2/c1-2-6-12(14-8-4-10-16-14)11(5-1)13-7-3-9-15-13/h1-10H. The molecule has 0 fully saturated rings. The van der Waals surface area contributed by atoms with Gasteiger partial charge < -0.3 is 0 Å². The summed E-state index contributed by atoms with van der Waals surface area (Å²) < 4.78 is 0. The van der Waals surface area contributed by atoms with Gasteiger partial charge in [0.05, 0.1) is 0 Å². The number of hydrogen-bond acceptors (Lipinski definition) is 2. The predicted octanol–water partition coefficient (Wildman–Crippen LogP) is 5.14. The van der Waals surface area contributed by atoms with Crippen molar-refractivity contribution in [3.05, 3.63) is 59.3 Å². The van der Waals surface area contributed by atoms with Crippen molar-refractivity contribution in [1.29, 1.82) is 0 Å². The van der Waals surface area contributed by atoms with E-state index in [-0.39, 0.29) is 0 Å². The van der Waals surface area contributed by atoms with Crippen molar-refractivity contribution in [3.63, 3.8) is 0 Å². The largest absolute Gasteiger partial charge is 0.144 e. The summed E-state index contributed by atoms with van der Waals surface area (Å²) in [7, 11) is 0. The zero-order valence-electron chi connectivity index (χ0n) is 8.59. The molecule has 2 aromatic heterocycles. The first-order valence-corrected chi connectivity index (χ1v) is 6.88. The molecule has 2 heteroatoms. The Labute approximate surface area is 103 Å². The van der Waals surface area contributed by atoms with Gasteiger partial charge >= 0.3 is 0 Å². The molecule has 0 aliphatic carbocycles. The maximum Gasteiger partial charge on any atom is 0.0349 e. The van der Waals surface area contributed by atoms with Gasteiger partial charge in [0, 0.05) is 20.9 Å². The average Bonchev–Trinajstić information content (AvgIpc) is 3.03. The maximum absolute atomic E-state index is 2.20. The number of hydrogen-bond donors (Lipinski definition) is 0. The molecular weight excluding hydrogens is 232 g/mol. The highest BCUT2D eigenvalue weighted by molar-refractivity contribution is 7.14. The Kier molecular flexibility index (Phi) is 2.60. The van der Waals surface area contributed by atoms with Gasteiger partial charge in [-0.2, -0.15) is 0 Å². The second-order valence-electron chi connectivity index (χ2n) is 3.50. The molecule has 16 heavy (non-hydrogen) atoms. The molecule has 0 nitrogen and oxygen atoms in total. The lowest BCUT2D eigenvalue weighted by atomic mass is 10.0. The Morgan fingerprint density at radius 1 is 0.562 bits per heavy atom. The quantitative estimate of drug-likeness (QED) is 0.583. The predicted molar refractivity (Wildman–Crippen MR) is 73.1 cm³/mol. The molecule has 2 heterocycles. The summed E-state index contributed by atoms with van der Waals surface area (Å²) in [5, 5.41) is 4.25. The average molecular weight is 242 g/mol. The van der Waals surface area contributed by atoms with E-state index in [1.54, 1.807) is 22.7 Å². The van der Waals surface area contributed by atoms with Crippen molar-refractivity contribution in [1.82, 2.24) is 0 Å². The van der Waals surface area contributed by atoms with E-state index in [0.29, 0.717) is 0 Å². The van der Waals surface area contributed by atoms with Gasteiger partial charge in [0.15, 0.2) is 0 Å². The van der Waals surface area contributed by atoms with E-state index in [0.717, 1.165) is 0 Å². The minimum atomic E-state index is 1.33. The lowest BCUT2D eigenvalue weighted by molar-refractivity contribution is 1.69. The monoisotopic (exact) mass is 242 g/mol. The highest BCUT2D eigenvalue weighted by Crippen LogP contribution is 2.36. The van der Waals surface area contributed by atoms with Gasteiger partial charge in [0.1, 0.15) is 0 Å². The van der Waals surface area contributed by atoms with Crippen LogP contribution in [-0.2, 0) is 0 Å². The van der Waals surface area contributed by atoms with Crippen LogP contribution in [0.15, 0.2) is 59.3 Å². The van der Waals surface area contributed by atoms with Crippen LogP contribution in [0, 0.1) is 0 Å². The summed E-state index contributed by atoms with van der Waals surface area (Å²) in [5.74, 6) is 0. The van der Waals surface area contributed by atoms with E-state index < -0.39 is 0 Å². The Morgan fingerprint density at radius 3 is 1.44 bits per heavy atom. The fourth-order valence-corrected chi connectivity index (χ4v) is 3.31. The topological polar surface area (TPSA) is 0 Å². The van der Waals surface area contributed by atoms with Crippen molar-refractivity contribution in [3.8, 4) is 20.9 Å². The third-order valence-corrected chi connectivity index (χ3v) is 4.31. The molecule has 78 valence electrons. The molecule has 3 aromatic rings. The van der Waals surface area contributed by atoms with Crippen molar-refractivity contribution in [2.75, 3.05) is 0 Å². The summed E-state index contributed by atoms with van der Waals surface area (Å²) in [6.45, 7) is 0. The van der Waals surface area contributed by atoms with Crippen LogP contribution in [0.4, 0.5) is 0 Å². The third-order valence-electron chi connectivity index (χ3n) is 2.50. The molecule has 1 aromatic carbocycles. The fraction of sp³-hybridized carbons (Fsp3) is 0. The molecular formula is C14H10S2. The Morgan fingerprint density at radius 2 is 1.06 bits per heavy atom. The smallest absolute Gasteiger partial charge is 0.0349 e. The molecule has 0 radical (unpaired) electrons. The summed E-state index contributed by atoms with van der Waals surface area (Å²) >= 11 is 3.58. The van der Waals surface area contributed by atoms with Crippen molar-refractivity contribution >= 4 is 22.7 Å². The van der Waals surface area contributed by atoms with Gasteiger partial charge in [0.2, 0.25) is 0 Å². The molecule has 3 rings (SSSR count). The van der Waals surface area contributed by atoms with E-state index in [4.69, 9.17) is 0 Å². The first-order valence-electron chi connectivity index (χ1n) is 5.12. The molecule has 0 aliphatic heterocycles. The van der Waals surface area contributed by atoms with Crippen molar-refractivity contribution in [2.24, 2.45) is 0 Å². The molecule has 0 spiro atoms. The zero-order valence-corrected chi connectivity index (χ0v) is 10.2. The Hall–Kier alpha value is -1.38. The van der Waals surface area contributed by atoms with Crippen molar-refractivity contribution in [2.45, 2.75) is 0 Å². The summed E-state index contributed by atoms with van der Waals surface area (Å²) in [6.07, 6.45) is 0. The van der Waals surface area contributed by atoms with Crippen LogP contribution in [0.5, 0.6) is 0 Å². The van der Waals surface area contributed by atoms with Gasteiger partial charge in [-0.1, -0.05) is 36.4 Å². The molecule has 0 bridgehead atoms. The molecule has 0 saturated carbocycles. The first-order chi connectivity index (χ1) is 7.95. The number of benzene rings is 1. The Balaban J connectivity index is 2.19. The van der Waals surface area contributed by atoms with E-state index >= 15 is 0 Å². The second-order valence-corrected chi connectivity index (χ2v) is 5.40. The summed E-state index contributed by atoms with van der Waals surface area (Å²) in [4.78, 5) is 2.67. The third kappa shape index (κ3) is 1.70. The van der Waals surface area contributed by atoms with Crippen LogP contribution < -0.4 is 0 Å². The normalized spacial score (nSPS) is 10.5. The van der Waals surface area contributed by atoms with Crippen LogP contribution in [-0.4, -0.2) is 0 Å². The Bertz CT molecular complexity index is 509. The number of rotatable bonds is 2. The highest BCUT2D eigenvalue weighted by Gasteiger charge is 2.07. The maximum atomic E-state index is 2.20. The minimum Gasteiger partial charge on any atom is -0.144 e. The van der Waals surface area contributed by atoms with Gasteiger partial charge in [-0.15, -0.1) is 22.7 Å². The van der Waals surface area contributed by atoms with E-state index in [2.05, 4.69) is 59.3 Å². The molecule has 0 aliphatic rings. The fourth-order valence-electron chi connectivity index (χ4n) is 1.78. The summed E-state index contributed by atoms with van der Waals surface area (Å²) in [5.41, 5.74) is 2.67. The molecule has 0 amide bonds. The van der Waals surface area contributed by atoms with Gasteiger partial charge in [-0.25, -0.2) is 0 Å². The molecule has 0 N–H and O–H groups in total. The second kappa shape index (κ2) is 4.24. The molecule has 0 unspecified atom stereocenters. The van der Waals surface area contributed by atoms with Gasteiger partial charge in [-0.3, -0.25) is 0 Å². The molecule has 0 saturated heterocycles. The SMILES string of the molecule is c1csc(-c2ccccc2-c2cccs2)c1. The first kappa shape index (κ1) is 9.82. The zero-order chi connectivity index (χ0) is 10.8. The van der Waals surface area contributed by atoms with E-state index in [1.165, 1.54) is 20.9 Å². The van der Waals surface area contributed by atoms with Crippen LogP contribution in [0.3, 0.4) is 0 Å². The van der Waals surface area contributed by atoms with Gasteiger partial charge in [0.25, 0.3) is 0 Å². The van der Waals surface area contributed by atoms with E-state index in [1.807, 2.05) is 0 Å². The van der Waals surface area contributed by atoms with Crippen LogP contribution in [0.25, 0.3) is 20.9 Å². The van der Waals surface area contributed by atoms with Crippen molar-refractivity contribution < 1.29 is 0 Å².